The standard InChI is InChI=1S/C20H18F3N5O/c1-19(17-8-16(20(21,22)23)27-28(17)11-18(24)26-19)14-5-3-4-12(6-14)13-7-15(29-2)10-25-9-13/h3-10H,11H2,1-2H3,(H2,24,26). The normalized spacial score (nSPS) is 18.9. The molecule has 2 N–H and O–H groups in total. The third kappa shape index (κ3) is 3.32. The van der Waals surface area contributed by atoms with E-state index in [0.29, 0.717) is 17.0 Å². The van der Waals surface area contributed by atoms with Gasteiger partial charge in [0.05, 0.1) is 25.5 Å². The number of hydrogen-bond donors (Lipinski definition) is 1. The maximum absolute atomic E-state index is 13.2. The van der Waals surface area contributed by atoms with Gasteiger partial charge in [0.15, 0.2) is 5.69 Å². The zero-order chi connectivity index (χ0) is 20.8. The summed E-state index contributed by atoms with van der Waals surface area (Å²) in [6.07, 6.45) is -1.26. The van der Waals surface area contributed by atoms with Crippen molar-refractivity contribution in [3.8, 4) is 16.9 Å². The van der Waals surface area contributed by atoms with Gasteiger partial charge in [-0.3, -0.25) is 14.7 Å². The largest absolute Gasteiger partial charge is 0.495 e. The summed E-state index contributed by atoms with van der Waals surface area (Å²) in [4.78, 5) is 8.67. The first kappa shape index (κ1) is 19.0. The maximum atomic E-state index is 13.2. The van der Waals surface area contributed by atoms with Crippen LogP contribution < -0.4 is 10.5 Å². The minimum atomic E-state index is -4.55. The SMILES string of the molecule is COc1cncc(-c2cccc(C3(C)N=C(N)Cn4nc(C(F)(F)F)cc43)c2)c1. The van der Waals surface area contributed by atoms with E-state index in [2.05, 4.69) is 15.1 Å². The van der Waals surface area contributed by atoms with Gasteiger partial charge in [-0.1, -0.05) is 18.2 Å². The number of hydrogen-bond acceptors (Lipinski definition) is 5. The molecule has 1 aliphatic rings. The van der Waals surface area contributed by atoms with Crippen LogP contribution in [-0.4, -0.2) is 27.7 Å². The molecule has 1 atom stereocenters. The zero-order valence-electron chi connectivity index (χ0n) is 15.7. The van der Waals surface area contributed by atoms with Crippen molar-refractivity contribution < 1.29 is 17.9 Å². The van der Waals surface area contributed by atoms with Gasteiger partial charge in [0.2, 0.25) is 0 Å². The molecule has 1 aromatic carbocycles. The Morgan fingerprint density at radius 1 is 1.14 bits per heavy atom. The van der Waals surface area contributed by atoms with E-state index in [4.69, 9.17) is 10.5 Å². The minimum absolute atomic E-state index is 0.0144. The molecule has 2 aromatic heterocycles. The van der Waals surface area contributed by atoms with Gasteiger partial charge in [-0.2, -0.15) is 18.3 Å². The summed E-state index contributed by atoms with van der Waals surface area (Å²) in [7, 11) is 1.55. The van der Waals surface area contributed by atoms with Crippen molar-refractivity contribution in [3.63, 3.8) is 0 Å². The lowest BCUT2D eigenvalue weighted by molar-refractivity contribution is -0.141. The quantitative estimate of drug-likeness (QED) is 0.727. The Morgan fingerprint density at radius 3 is 2.66 bits per heavy atom. The monoisotopic (exact) mass is 401 g/mol. The minimum Gasteiger partial charge on any atom is -0.495 e. The first-order valence-electron chi connectivity index (χ1n) is 8.80. The second-order valence-corrected chi connectivity index (χ2v) is 6.94. The fourth-order valence-electron chi connectivity index (χ4n) is 3.50. The van der Waals surface area contributed by atoms with Crippen LogP contribution in [0.3, 0.4) is 0 Å². The molecule has 6 nitrogen and oxygen atoms in total. The molecule has 4 rings (SSSR count). The summed E-state index contributed by atoms with van der Waals surface area (Å²) in [6, 6.07) is 10.3. The molecule has 3 aromatic rings. The first-order valence-corrected chi connectivity index (χ1v) is 8.80. The third-order valence-corrected chi connectivity index (χ3v) is 4.96. The molecular weight excluding hydrogens is 383 g/mol. The number of nitrogens with two attached hydrogens (primary N) is 1. The average molecular weight is 401 g/mol. The van der Waals surface area contributed by atoms with Gasteiger partial charge >= 0.3 is 6.18 Å². The van der Waals surface area contributed by atoms with Crippen molar-refractivity contribution in [2.45, 2.75) is 25.2 Å². The van der Waals surface area contributed by atoms with Crippen LogP contribution in [0.5, 0.6) is 5.75 Å². The van der Waals surface area contributed by atoms with E-state index < -0.39 is 17.4 Å². The van der Waals surface area contributed by atoms with Gasteiger partial charge in [-0.05, 0) is 36.2 Å². The van der Waals surface area contributed by atoms with E-state index in [9.17, 15) is 13.2 Å². The Balaban J connectivity index is 1.84. The van der Waals surface area contributed by atoms with Crippen LogP contribution in [-0.2, 0) is 18.3 Å². The predicted octanol–water partition coefficient (Wildman–Crippen LogP) is 3.61. The van der Waals surface area contributed by atoms with E-state index in [0.717, 1.165) is 17.2 Å². The number of amidine groups is 1. The number of nitrogens with zero attached hydrogens (tertiary/aromatic N) is 4. The summed E-state index contributed by atoms with van der Waals surface area (Å²) >= 11 is 0. The molecule has 3 heterocycles. The summed E-state index contributed by atoms with van der Waals surface area (Å²) in [5.74, 6) is 0.817. The number of aromatic nitrogens is 3. The van der Waals surface area contributed by atoms with Crippen LogP contribution >= 0.6 is 0 Å². The summed E-state index contributed by atoms with van der Waals surface area (Å²) in [5, 5.41) is 3.70. The van der Waals surface area contributed by atoms with E-state index in [1.165, 1.54) is 4.68 Å². The van der Waals surface area contributed by atoms with Crippen LogP contribution in [0.4, 0.5) is 13.2 Å². The lowest BCUT2D eigenvalue weighted by atomic mass is 9.86. The molecule has 0 saturated carbocycles. The van der Waals surface area contributed by atoms with Crippen molar-refractivity contribution in [1.29, 1.82) is 0 Å². The van der Waals surface area contributed by atoms with Crippen LogP contribution in [0.2, 0.25) is 0 Å². The van der Waals surface area contributed by atoms with Gasteiger partial charge < -0.3 is 10.5 Å². The topological polar surface area (TPSA) is 78.3 Å². The summed E-state index contributed by atoms with van der Waals surface area (Å²) in [5.41, 5.74) is 6.54. The number of fused-ring (bicyclic) bond motifs is 1. The Hall–Kier alpha value is -3.36. The Bertz CT molecular complexity index is 1110. The molecule has 29 heavy (non-hydrogen) atoms. The number of alkyl halides is 3. The molecule has 0 spiro atoms. The number of aliphatic imine (C=N–C) groups is 1. The fourth-order valence-corrected chi connectivity index (χ4v) is 3.50. The Morgan fingerprint density at radius 2 is 1.93 bits per heavy atom. The number of pyridine rings is 1. The van der Waals surface area contributed by atoms with Crippen molar-refractivity contribution in [1.82, 2.24) is 14.8 Å². The molecule has 9 heteroatoms. The summed E-state index contributed by atoms with van der Waals surface area (Å²) in [6.45, 7) is 1.75. The lowest BCUT2D eigenvalue weighted by Gasteiger charge is -2.31. The van der Waals surface area contributed by atoms with E-state index in [1.54, 1.807) is 26.4 Å². The van der Waals surface area contributed by atoms with Gasteiger partial charge in [-0.25, -0.2) is 0 Å². The molecule has 0 saturated heterocycles. The highest BCUT2D eigenvalue weighted by atomic mass is 19.4. The number of benzene rings is 1. The Labute approximate surface area is 164 Å². The van der Waals surface area contributed by atoms with E-state index in [-0.39, 0.29) is 12.4 Å². The van der Waals surface area contributed by atoms with Crippen molar-refractivity contribution in [3.05, 3.63) is 65.7 Å². The number of ether oxygens (including phenoxy) is 1. The summed E-state index contributed by atoms with van der Waals surface area (Å²) < 4.78 is 46.1. The molecule has 1 aliphatic heterocycles. The van der Waals surface area contributed by atoms with E-state index in [1.807, 2.05) is 30.3 Å². The molecule has 1 unspecified atom stereocenters. The predicted molar refractivity (Wildman–Crippen MR) is 102 cm³/mol. The smallest absolute Gasteiger partial charge is 0.435 e. The third-order valence-electron chi connectivity index (χ3n) is 4.96. The second kappa shape index (κ2) is 6.61. The zero-order valence-corrected chi connectivity index (χ0v) is 15.7. The molecule has 0 aliphatic carbocycles. The van der Waals surface area contributed by atoms with Crippen molar-refractivity contribution in [2.24, 2.45) is 10.7 Å². The van der Waals surface area contributed by atoms with Crippen LogP contribution in [0.15, 0.2) is 53.8 Å². The number of methoxy groups -OCH3 is 1. The molecule has 0 radical (unpaired) electrons. The highest BCUT2D eigenvalue weighted by molar-refractivity contribution is 5.82. The number of rotatable bonds is 3. The van der Waals surface area contributed by atoms with Crippen molar-refractivity contribution >= 4 is 5.84 Å². The van der Waals surface area contributed by atoms with Crippen LogP contribution in [0.25, 0.3) is 11.1 Å². The number of halogens is 3. The second-order valence-electron chi connectivity index (χ2n) is 6.94. The molecule has 150 valence electrons. The van der Waals surface area contributed by atoms with Crippen LogP contribution in [0.1, 0.15) is 23.9 Å². The maximum Gasteiger partial charge on any atom is 0.435 e. The Kier molecular flexibility index (Phi) is 4.33. The molecule has 0 bridgehead atoms. The van der Waals surface area contributed by atoms with Gasteiger partial charge in [0, 0.05) is 11.8 Å². The average Bonchev–Trinajstić information content (AvgIpc) is 3.13. The van der Waals surface area contributed by atoms with Gasteiger partial charge in [0.25, 0.3) is 0 Å². The van der Waals surface area contributed by atoms with Crippen LogP contribution in [0, 0.1) is 0 Å². The van der Waals surface area contributed by atoms with Crippen molar-refractivity contribution in [2.75, 3.05) is 7.11 Å². The molecule has 0 amide bonds. The lowest BCUT2D eigenvalue weighted by Crippen LogP contribution is -2.36. The van der Waals surface area contributed by atoms with Gasteiger partial charge in [0.1, 0.15) is 17.1 Å². The van der Waals surface area contributed by atoms with Gasteiger partial charge in [-0.15, -0.1) is 0 Å². The fraction of sp³-hybridized carbons (Fsp3) is 0.250. The van der Waals surface area contributed by atoms with E-state index >= 15 is 0 Å². The molecule has 0 fully saturated rings. The molecular formula is C20H18F3N5O. The highest BCUT2D eigenvalue weighted by Crippen LogP contribution is 2.40. The highest BCUT2D eigenvalue weighted by Gasteiger charge is 2.41. The first-order chi connectivity index (χ1) is 13.7.